The summed E-state index contributed by atoms with van der Waals surface area (Å²) in [7, 11) is 0. The average molecular weight is 292 g/mol. The van der Waals surface area contributed by atoms with Crippen LogP contribution in [-0.4, -0.2) is 29.7 Å². The highest BCUT2D eigenvalue weighted by Gasteiger charge is 2.21. The van der Waals surface area contributed by atoms with Gasteiger partial charge < -0.3 is 15.7 Å². The highest BCUT2D eigenvalue weighted by molar-refractivity contribution is 5.79. The van der Waals surface area contributed by atoms with Gasteiger partial charge in [0.05, 0.1) is 5.92 Å². The van der Waals surface area contributed by atoms with Gasteiger partial charge in [-0.2, -0.15) is 0 Å². The third-order valence-corrected chi connectivity index (χ3v) is 3.53. The Morgan fingerprint density at radius 1 is 1.19 bits per heavy atom. The molecule has 2 amide bonds. The van der Waals surface area contributed by atoms with Gasteiger partial charge in [0.1, 0.15) is 0 Å². The van der Waals surface area contributed by atoms with E-state index in [0.29, 0.717) is 11.5 Å². The van der Waals surface area contributed by atoms with Crippen LogP contribution in [0.3, 0.4) is 0 Å². The summed E-state index contributed by atoms with van der Waals surface area (Å²) in [5.41, 5.74) is 0.682. The van der Waals surface area contributed by atoms with Crippen LogP contribution in [0.5, 0.6) is 0 Å². The van der Waals surface area contributed by atoms with Crippen molar-refractivity contribution >= 4 is 12.0 Å². The molecule has 21 heavy (non-hydrogen) atoms. The molecule has 5 heteroatoms. The van der Waals surface area contributed by atoms with Crippen molar-refractivity contribution in [3.05, 3.63) is 35.9 Å². The Bertz CT molecular complexity index is 460. The summed E-state index contributed by atoms with van der Waals surface area (Å²) in [6.07, 6.45) is 0.839. The number of benzene rings is 1. The maximum atomic E-state index is 11.9. The first kappa shape index (κ1) is 17.0. The van der Waals surface area contributed by atoms with Gasteiger partial charge in [-0.3, -0.25) is 4.79 Å². The van der Waals surface area contributed by atoms with E-state index in [2.05, 4.69) is 10.6 Å². The van der Waals surface area contributed by atoms with Crippen LogP contribution in [0.2, 0.25) is 0 Å². The number of carboxylic acid groups (broad SMARTS) is 1. The normalized spacial score (nSPS) is 13.5. The number of carbonyl (C=O) groups excluding carboxylic acids is 1. The molecule has 0 fully saturated rings. The van der Waals surface area contributed by atoms with Crippen LogP contribution in [0.15, 0.2) is 30.3 Å². The van der Waals surface area contributed by atoms with Crippen LogP contribution in [0, 0.1) is 5.92 Å². The predicted molar refractivity (Wildman–Crippen MR) is 82.3 cm³/mol. The molecule has 0 aromatic heterocycles. The molecule has 0 saturated heterocycles. The molecule has 0 radical (unpaired) electrons. The lowest BCUT2D eigenvalue weighted by atomic mass is 9.99. The van der Waals surface area contributed by atoms with Crippen LogP contribution in [0.4, 0.5) is 4.79 Å². The van der Waals surface area contributed by atoms with E-state index in [1.807, 2.05) is 26.8 Å². The third-order valence-electron chi connectivity index (χ3n) is 3.53. The zero-order valence-electron chi connectivity index (χ0n) is 12.8. The SMILES string of the molecule is CCC(NC(=O)NCC(C(=O)O)c1ccccc1)C(C)C. The molecule has 2 atom stereocenters. The third kappa shape index (κ3) is 5.45. The van der Waals surface area contributed by atoms with Gasteiger partial charge in [-0.05, 0) is 17.9 Å². The molecular formula is C16H24N2O3. The van der Waals surface area contributed by atoms with E-state index in [1.165, 1.54) is 0 Å². The smallest absolute Gasteiger partial charge is 0.315 e. The van der Waals surface area contributed by atoms with Crippen molar-refractivity contribution in [3.8, 4) is 0 Å². The number of hydrogen-bond acceptors (Lipinski definition) is 2. The Morgan fingerprint density at radius 2 is 1.81 bits per heavy atom. The summed E-state index contributed by atoms with van der Waals surface area (Å²) in [6.45, 7) is 6.16. The molecule has 1 aromatic rings. The van der Waals surface area contributed by atoms with E-state index in [9.17, 15) is 14.7 Å². The number of aliphatic carboxylic acids is 1. The molecule has 1 aromatic carbocycles. The number of carboxylic acids is 1. The summed E-state index contributed by atoms with van der Waals surface area (Å²) in [5, 5.41) is 14.8. The van der Waals surface area contributed by atoms with Gasteiger partial charge in [0.2, 0.25) is 0 Å². The van der Waals surface area contributed by atoms with E-state index in [-0.39, 0.29) is 18.6 Å². The van der Waals surface area contributed by atoms with Crippen molar-refractivity contribution in [2.45, 2.75) is 39.2 Å². The van der Waals surface area contributed by atoms with Crippen molar-refractivity contribution in [1.29, 1.82) is 0 Å². The number of hydrogen-bond donors (Lipinski definition) is 3. The fourth-order valence-electron chi connectivity index (χ4n) is 2.19. The van der Waals surface area contributed by atoms with Crippen LogP contribution >= 0.6 is 0 Å². The van der Waals surface area contributed by atoms with E-state index in [0.717, 1.165) is 6.42 Å². The van der Waals surface area contributed by atoms with Crippen LogP contribution in [0.25, 0.3) is 0 Å². The molecule has 1 rings (SSSR count). The van der Waals surface area contributed by atoms with E-state index in [4.69, 9.17) is 0 Å². The minimum absolute atomic E-state index is 0.0692. The molecule has 2 unspecified atom stereocenters. The number of urea groups is 1. The number of rotatable bonds is 7. The molecule has 0 spiro atoms. The molecular weight excluding hydrogens is 268 g/mol. The number of nitrogens with one attached hydrogen (secondary N) is 2. The van der Waals surface area contributed by atoms with E-state index < -0.39 is 11.9 Å². The fourth-order valence-corrected chi connectivity index (χ4v) is 2.19. The highest BCUT2D eigenvalue weighted by Crippen LogP contribution is 2.14. The van der Waals surface area contributed by atoms with Gasteiger partial charge >= 0.3 is 12.0 Å². The van der Waals surface area contributed by atoms with Crippen LogP contribution in [-0.2, 0) is 4.79 Å². The topological polar surface area (TPSA) is 78.4 Å². The maximum absolute atomic E-state index is 11.9. The van der Waals surface area contributed by atoms with Crippen molar-refractivity contribution in [1.82, 2.24) is 10.6 Å². The van der Waals surface area contributed by atoms with Crippen molar-refractivity contribution in [2.24, 2.45) is 5.92 Å². The molecule has 0 aliphatic rings. The Hall–Kier alpha value is -2.04. The molecule has 5 nitrogen and oxygen atoms in total. The first-order chi connectivity index (χ1) is 9.95. The highest BCUT2D eigenvalue weighted by atomic mass is 16.4. The van der Waals surface area contributed by atoms with E-state index >= 15 is 0 Å². The molecule has 0 heterocycles. The van der Waals surface area contributed by atoms with Crippen LogP contribution in [0.1, 0.15) is 38.7 Å². The summed E-state index contributed by atoms with van der Waals surface area (Å²) in [6, 6.07) is 8.68. The van der Waals surface area contributed by atoms with Gasteiger partial charge in [0.25, 0.3) is 0 Å². The van der Waals surface area contributed by atoms with Crippen molar-refractivity contribution < 1.29 is 14.7 Å². The minimum Gasteiger partial charge on any atom is -0.481 e. The molecule has 3 N–H and O–H groups in total. The zero-order chi connectivity index (χ0) is 15.8. The first-order valence-corrected chi connectivity index (χ1v) is 7.27. The van der Waals surface area contributed by atoms with Crippen molar-refractivity contribution in [3.63, 3.8) is 0 Å². The van der Waals surface area contributed by atoms with Gasteiger partial charge in [0, 0.05) is 12.6 Å². The maximum Gasteiger partial charge on any atom is 0.315 e. The number of carbonyl (C=O) groups is 2. The molecule has 116 valence electrons. The second-order valence-electron chi connectivity index (χ2n) is 5.41. The predicted octanol–water partition coefficient (Wildman–Crippen LogP) is 2.59. The molecule has 0 aliphatic heterocycles. The quantitative estimate of drug-likeness (QED) is 0.722. The second-order valence-corrected chi connectivity index (χ2v) is 5.41. The molecule has 0 saturated carbocycles. The van der Waals surface area contributed by atoms with Gasteiger partial charge in [0.15, 0.2) is 0 Å². The summed E-state index contributed by atoms with van der Waals surface area (Å²) in [5.74, 6) is -1.35. The standard InChI is InChI=1S/C16H24N2O3/c1-4-14(11(2)3)18-16(21)17-10-13(15(19)20)12-8-6-5-7-9-12/h5-9,11,13-14H,4,10H2,1-3H3,(H,19,20)(H2,17,18,21). The Balaban J connectivity index is 2.58. The first-order valence-electron chi connectivity index (χ1n) is 7.27. The fraction of sp³-hybridized carbons (Fsp3) is 0.500. The van der Waals surface area contributed by atoms with Gasteiger partial charge in [-0.15, -0.1) is 0 Å². The Kier molecular flexibility index (Phi) is 6.72. The summed E-state index contributed by atoms with van der Waals surface area (Å²) >= 11 is 0. The summed E-state index contributed by atoms with van der Waals surface area (Å²) in [4.78, 5) is 23.2. The minimum atomic E-state index is -0.947. The van der Waals surface area contributed by atoms with E-state index in [1.54, 1.807) is 24.3 Å². The van der Waals surface area contributed by atoms with Gasteiger partial charge in [-0.1, -0.05) is 51.1 Å². The Morgan fingerprint density at radius 3 is 2.29 bits per heavy atom. The number of amides is 2. The summed E-state index contributed by atoms with van der Waals surface area (Å²) < 4.78 is 0. The van der Waals surface area contributed by atoms with Gasteiger partial charge in [-0.25, -0.2) is 4.79 Å². The monoisotopic (exact) mass is 292 g/mol. The van der Waals surface area contributed by atoms with Crippen molar-refractivity contribution in [2.75, 3.05) is 6.54 Å². The molecule has 0 bridgehead atoms. The average Bonchev–Trinajstić information content (AvgIpc) is 2.45. The molecule has 0 aliphatic carbocycles. The second kappa shape index (κ2) is 8.29. The lowest BCUT2D eigenvalue weighted by molar-refractivity contribution is -0.138. The van der Waals surface area contributed by atoms with Crippen LogP contribution < -0.4 is 10.6 Å². The lowest BCUT2D eigenvalue weighted by Gasteiger charge is -2.21. The lowest BCUT2D eigenvalue weighted by Crippen LogP contribution is -2.45. The largest absolute Gasteiger partial charge is 0.481 e. The zero-order valence-corrected chi connectivity index (χ0v) is 12.8. The Labute approximate surface area is 125 Å².